The van der Waals surface area contributed by atoms with E-state index in [1.54, 1.807) is 18.3 Å². The molecule has 1 aliphatic carbocycles. The van der Waals surface area contributed by atoms with Crippen molar-refractivity contribution in [1.82, 2.24) is 19.6 Å². The third-order valence-corrected chi connectivity index (χ3v) is 14.0. The van der Waals surface area contributed by atoms with E-state index in [1.165, 1.54) is 29.0 Å². The van der Waals surface area contributed by atoms with Gasteiger partial charge in [0.25, 0.3) is 21.6 Å². The smallest absolute Gasteiger partial charge is 0.296 e. The van der Waals surface area contributed by atoms with E-state index in [4.69, 9.17) is 21.1 Å². The average molecular weight is 900 g/mol. The number of sulfonamides is 1. The lowest BCUT2D eigenvalue weighted by atomic mass is 9.72. The van der Waals surface area contributed by atoms with Gasteiger partial charge in [-0.1, -0.05) is 49.2 Å². The van der Waals surface area contributed by atoms with E-state index in [1.807, 2.05) is 29.0 Å². The highest BCUT2D eigenvalue weighted by atomic mass is 35.5. The molecular weight excluding hydrogens is 849 g/mol. The quantitative estimate of drug-likeness (QED) is 0.0760. The second-order valence-electron chi connectivity index (χ2n) is 17.5. The molecule has 1 unspecified atom stereocenters. The molecule has 0 spiro atoms. The van der Waals surface area contributed by atoms with Crippen LogP contribution >= 0.6 is 11.6 Å². The lowest BCUT2D eigenvalue weighted by Crippen LogP contribution is -2.52. The van der Waals surface area contributed by atoms with Crippen LogP contribution in [0.25, 0.3) is 16.6 Å². The Balaban J connectivity index is 1.06. The SMILES string of the molecule is CC1CN(c2cccc(C(=O)NS(=O)(=O)c3cc(F)c(NCC4CCOCC4)c([N+](=O)[O-])c3)c2Oc2cnc3[nH]ccc3c2)CCN1CC1=C(c2ccc(Cl)cc2)CC(C)(C)CC1. The minimum absolute atomic E-state index is 0.0797. The molecule has 14 nitrogen and oxygen atoms in total. The van der Waals surface area contributed by atoms with Gasteiger partial charge >= 0.3 is 0 Å². The van der Waals surface area contributed by atoms with Crippen LogP contribution in [0.2, 0.25) is 5.02 Å². The van der Waals surface area contributed by atoms with Crippen molar-refractivity contribution < 1.29 is 32.0 Å². The number of nitro benzene ring substituents is 1. The summed E-state index contributed by atoms with van der Waals surface area (Å²) in [5, 5.41) is 16.4. The first-order valence-corrected chi connectivity index (χ1v) is 23.1. The molecule has 4 heterocycles. The summed E-state index contributed by atoms with van der Waals surface area (Å²) in [5.41, 5.74) is 4.03. The molecule has 2 fully saturated rings. The van der Waals surface area contributed by atoms with E-state index < -0.39 is 42.9 Å². The maximum Gasteiger partial charge on any atom is 0.296 e. The number of piperazine rings is 1. The predicted molar refractivity (Wildman–Crippen MR) is 242 cm³/mol. The van der Waals surface area contributed by atoms with Crippen molar-refractivity contribution in [3.8, 4) is 11.5 Å². The number of pyridine rings is 1. The molecule has 0 saturated carbocycles. The zero-order valence-corrected chi connectivity index (χ0v) is 37.0. The number of carbonyl (C=O) groups is 1. The van der Waals surface area contributed by atoms with E-state index >= 15 is 4.39 Å². The summed E-state index contributed by atoms with van der Waals surface area (Å²) >= 11 is 6.26. The van der Waals surface area contributed by atoms with E-state index in [0.29, 0.717) is 73.9 Å². The molecule has 8 rings (SSSR count). The lowest BCUT2D eigenvalue weighted by Gasteiger charge is -2.43. The number of fused-ring (bicyclic) bond motifs is 1. The maximum atomic E-state index is 15.6. The summed E-state index contributed by atoms with van der Waals surface area (Å²) in [6, 6.07) is 18.1. The molecule has 332 valence electrons. The fourth-order valence-corrected chi connectivity index (χ4v) is 9.91. The van der Waals surface area contributed by atoms with Crippen LogP contribution < -0.4 is 19.7 Å². The number of aromatic nitrogens is 2. The first kappa shape index (κ1) is 44.1. The van der Waals surface area contributed by atoms with Gasteiger partial charge in [0, 0.05) is 74.7 Å². The highest BCUT2D eigenvalue weighted by Crippen LogP contribution is 2.44. The third-order valence-electron chi connectivity index (χ3n) is 12.4. The molecule has 2 saturated heterocycles. The van der Waals surface area contributed by atoms with Crippen molar-refractivity contribution in [3.63, 3.8) is 0 Å². The number of anilines is 2. The molecule has 5 aromatic rings. The number of carbonyl (C=O) groups excluding carboxylic acids is 1. The van der Waals surface area contributed by atoms with Gasteiger partial charge in [-0.05, 0) is 104 Å². The van der Waals surface area contributed by atoms with E-state index in [0.717, 1.165) is 37.3 Å². The van der Waals surface area contributed by atoms with Crippen LogP contribution in [0.3, 0.4) is 0 Å². The van der Waals surface area contributed by atoms with Gasteiger partial charge in [0.1, 0.15) is 17.1 Å². The first-order chi connectivity index (χ1) is 30.1. The fraction of sp³-hybridized carbons (Fsp3) is 0.391. The van der Waals surface area contributed by atoms with E-state index in [2.05, 4.69) is 58.0 Å². The van der Waals surface area contributed by atoms with Crippen molar-refractivity contribution >= 4 is 61.2 Å². The van der Waals surface area contributed by atoms with Gasteiger partial charge in [0.2, 0.25) is 0 Å². The topological polar surface area (TPSA) is 172 Å². The molecule has 2 aromatic heterocycles. The zero-order valence-electron chi connectivity index (χ0n) is 35.5. The van der Waals surface area contributed by atoms with Gasteiger partial charge in [-0.2, -0.15) is 0 Å². The standard InChI is InChI=1S/C46H51ClFN7O7S/c1-29-27-54(18-17-53(29)28-33-11-15-46(2,3)24-38(33)31-7-9-34(47)10-8-31)40-6-4-5-37(43(40)62-35-21-32-12-16-49-44(32)51-26-35)45(56)52-63(59,60)36-22-39(48)42(41(23-36)55(57)58)50-25-30-13-19-61-20-14-30/h4-10,12,16,21-23,26,29-30,50H,11,13-15,17-20,24-25,27-28H2,1-3H3,(H,49,51)(H,52,56). The number of para-hydroxylation sites is 1. The number of hydrogen-bond donors (Lipinski definition) is 3. The Morgan fingerprint density at radius 1 is 1.11 bits per heavy atom. The number of allylic oxidation sites excluding steroid dienone is 1. The van der Waals surface area contributed by atoms with Crippen LogP contribution in [0.1, 0.15) is 68.8 Å². The third kappa shape index (κ3) is 9.99. The lowest BCUT2D eigenvalue weighted by molar-refractivity contribution is -0.384. The van der Waals surface area contributed by atoms with Gasteiger partial charge in [-0.25, -0.2) is 22.5 Å². The fourth-order valence-electron chi connectivity index (χ4n) is 8.79. The molecule has 0 radical (unpaired) electrons. The van der Waals surface area contributed by atoms with Gasteiger partial charge in [0.05, 0.1) is 27.3 Å². The molecular formula is C46H51ClFN7O7S. The van der Waals surface area contributed by atoms with Crippen molar-refractivity contribution in [2.75, 3.05) is 56.2 Å². The molecule has 1 amide bonds. The number of rotatable bonds is 13. The number of nitrogens with zero attached hydrogens (tertiary/aromatic N) is 4. The highest BCUT2D eigenvalue weighted by molar-refractivity contribution is 7.90. The van der Waals surface area contributed by atoms with Crippen molar-refractivity contribution in [2.45, 2.75) is 63.8 Å². The summed E-state index contributed by atoms with van der Waals surface area (Å²) in [7, 11) is -4.84. The Morgan fingerprint density at radius 2 is 1.89 bits per heavy atom. The molecule has 3 aromatic carbocycles. The molecule has 1 atom stereocenters. The first-order valence-electron chi connectivity index (χ1n) is 21.2. The number of halogens is 2. The van der Waals surface area contributed by atoms with Crippen molar-refractivity contribution in [1.29, 1.82) is 0 Å². The summed E-state index contributed by atoms with van der Waals surface area (Å²) in [6.45, 7) is 10.7. The normalized spacial score (nSPS) is 18.7. The van der Waals surface area contributed by atoms with E-state index in [-0.39, 0.29) is 35.2 Å². The maximum absolute atomic E-state index is 15.6. The van der Waals surface area contributed by atoms with Crippen LogP contribution in [0, 0.1) is 27.3 Å². The average Bonchev–Trinajstić information content (AvgIpc) is 3.73. The van der Waals surface area contributed by atoms with Gasteiger partial charge in [0.15, 0.2) is 11.6 Å². The molecule has 3 aliphatic rings. The number of ether oxygens (including phenoxy) is 2. The molecule has 0 bridgehead atoms. The number of benzene rings is 3. The summed E-state index contributed by atoms with van der Waals surface area (Å²) in [6.07, 6.45) is 7.70. The Hall–Kier alpha value is -5.55. The van der Waals surface area contributed by atoms with Crippen LogP contribution in [0.5, 0.6) is 11.5 Å². The Labute approximate surface area is 371 Å². The Bertz CT molecular complexity index is 2670. The monoisotopic (exact) mass is 899 g/mol. The molecule has 3 N–H and O–H groups in total. The summed E-state index contributed by atoms with van der Waals surface area (Å²) < 4.78 is 57.1. The van der Waals surface area contributed by atoms with Crippen molar-refractivity contribution in [3.05, 3.63) is 117 Å². The minimum Gasteiger partial charge on any atom is -0.453 e. The molecule has 63 heavy (non-hydrogen) atoms. The molecule has 17 heteroatoms. The highest BCUT2D eigenvalue weighted by Gasteiger charge is 2.34. The second kappa shape index (κ2) is 18.3. The van der Waals surface area contributed by atoms with Gasteiger partial charge in [-0.15, -0.1) is 0 Å². The largest absolute Gasteiger partial charge is 0.453 e. The number of amides is 1. The van der Waals surface area contributed by atoms with E-state index in [9.17, 15) is 23.3 Å². The number of nitrogens with one attached hydrogen (secondary N) is 3. The van der Waals surface area contributed by atoms with Gasteiger partial charge in [-0.3, -0.25) is 19.8 Å². The second-order valence-corrected chi connectivity index (χ2v) is 19.6. The van der Waals surface area contributed by atoms with Crippen LogP contribution in [-0.2, 0) is 14.8 Å². The predicted octanol–water partition coefficient (Wildman–Crippen LogP) is 9.19. The zero-order chi connectivity index (χ0) is 44.5. The van der Waals surface area contributed by atoms with Crippen LogP contribution in [0.4, 0.5) is 21.5 Å². The summed E-state index contributed by atoms with van der Waals surface area (Å²) in [5.74, 6) is -1.71. The van der Waals surface area contributed by atoms with Crippen LogP contribution in [0.15, 0.2) is 89.6 Å². The Morgan fingerprint density at radius 3 is 2.63 bits per heavy atom. The number of hydrogen-bond acceptors (Lipinski definition) is 11. The molecule has 2 aliphatic heterocycles. The Kier molecular flexibility index (Phi) is 12.8. The number of nitro groups is 1. The summed E-state index contributed by atoms with van der Waals surface area (Å²) in [4.78, 5) is 36.7. The number of aromatic amines is 1. The van der Waals surface area contributed by atoms with Gasteiger partial charge < -0.3 is 24.7 Å². The van der Waals surface area contributed by atoms with Crippen LogP contribution in [-0.4, -0.2) is 86.1 Å². The van der Waals surface area contributed by atoms with Crippen molar-refractivity contribution in [2.24, 2.45) is 11.3 Å². The number of H-pyrrole nitrogens is 1. The minimum atomic E-state index is -4.84.